The van der Waals surface area contributed by atoms with Crippen molar-refractivity contribution in [3.05, 3.63) is 24.5 Å². The SMILES string of the molecule is COCCOC(=O)N1CC2CCC(C(=O)NO)(C1)N2S(=O)(=O)N1CCC(Oc2ccncc2)CC1. The lowest BCUT2D eigenvalue weighted by molar-refractivity contribution is -0.141. The van der Waals surface area contributed by atoms with Crippen LogP contribution in [-0.4, -0.2) is 108 Å². The Morgan fingerprint density at radius 2 is 1.91 bits per heavy atom. The van der Waals surface area contributed by atoms with Gasteiger partial charge in [0.1, 0.15) is 24.0 Å². The molecule has 0 saturated carbocycles. The molecule has 3 aliphatic rings. The molecule has 2 amide bonds. The molecule has 0 aromatic carbocycles. The first kappa shape index (κ1) is 25.6. The van der Waals surface area contributed by atoms with E-state index in [2.05, 4.69) is 4.98 Å². The number of hydrogen-bond acceptors (Lipinski definition) is 9. The van der Waals surface area contributed by atoms with Crippen molar-refractivity contribution in [2.24, 2.45) is 0 Å². The van der Waals surface area contributed by atoms with Gasteiger partial charge in [0.25, 0.3) is 16.1 Å². The zero-order valence-corrected chi connectivity index (χ0v) is 20.4. The number of methoxy groups -OCH3 is 1. The summed E-state index contributed by atoms with van der Waals surface area (Å²) in [5, 5.41) is 9.46. The van der Waals surface area contributed by atoms with Gasteiger partial charge in [-0.2, -0.15) is 17.0 Å². The molecule has 35 heavy (non-hydrogen) atoms. The van der Waals surface area contributed by atoms with Crippen LogP contribution in [0.4, 0.5) is 4.79 Å². The smallest absolute Gasteiger partial charge is 0.409 e. The van der Waals surface area contributed by atoms with Crippen LogP contribution >= 0.6 is 0 Å². The van der Waals surface area contributed by atoms with Gasteiger partial charge in [-0.15, -0.1) is 0 Å². The lowest BCUT2D eigenvalue weighted by atomic mass is 9.96. The quantitative estimate of drug-likeness (QED) is 0.278. The summed E-state index contributed by atoms with van der Waals surface area (Å²) in [6.45, 7) is 0.568. The van der Waals surface area contributed by atoms with Crippen LogP contribution in [0.15, 0.2) is 24.5 Å². The highest BCUT2D eigenvalue weighted by atomic mass is 32.2. The number of rotatable bonds is 8. The Hall–Kier alpha value is -2.52. The number of ether oxygens (including phenoxy) is 3. The summed E-state index contributed by atoms with van der Waals surface area (Å²) in [5.41, 5.74) is -0.00703. The van der Waals surface area contributed by atoms with E-state index in [1.54, 1.807) is 30.0 Å². The normalized spacial score (nSPS) is 25.9. The molecule has 1 aromatic rings. The number of hydroxylamine groups is 1. The van der Waals surface area contributed by atoms with E-state index >= 15 is 0 Å². The highest BCUT2D eigenvalue weighted by Crippen LogP contribution is 2.43. The fourth-order valence-corrected chi connectivity index (χ4v) is 7.23. The molecule has 1 aromatic heterocycles. The van der Waals surface area contributed by atoms with E-state index in [1.807, 2.05) is 0 Å². The number of piperazine rings is 1. The summed E-state index contributed by atoms with van der Waals surface area (Å²) in [6, 6.07) is 2.88. The Balaban J connectivity index is 1.48. The number of likely N-dealkylation sites (tertiary alicyclic amines) is 1. The third-order valence-electron chi connectivity index (χ3n) is 6.75. The molecule has 2 N–H and O–H groups in total. The number of piperidine rings is 1. The van der Waals surface area contributed by atoms with Gasteiger partial charge in [-0.3, -0.25) is 15.0 Å². The summed E-state index contributed by atoms with van der Waals surface area (Å²) in [5.74, 6) is -0.194. The van der Waals surface area contributed by atoms with E-state index in [4.69, 9.17) is 14.2 Å². The van der Waals surface area contributed by atoms with E-state index < -0.39 is 33.8 Å². The maximum absolute atomic E-state index is 13.8. The molecule has 0 spiro atoms. The second kappa shape index (κ2) is 10.6. The summed E-state index contributed by atoms with van der Waals surface area (Å²) in [4.78, 5) is 30.7. The number of aromatic nitrogens is 1. The minimum Gasteiger partial charge on any atom is -0.490 e. The van der Waals surface area contributed by atoms with Crippen LogP contribution in [0.25, 0.3) is 0 Å². The predicted octanol–water partition coefficient (Wildman–Crippen LogP) is -0.0232. The van der Waals surface area contributed by atoms with Crippen molar-refractivity contribution in [3.8, 4) is 5.75 Å². The largest absolute Gasteiger partial charge is 0.490 e. The zero-order valence-electron chi connectivity index (χ0n) is 19.5. The minimum atomic E-state index is -4.07. The summed E-state index contributed by atoms with van der Waals surface area (Å²) in [6.07, 6.45) is 3.97. The molecule has 3 aliphatic heterocycles. The first-order valence-electron chi connectivity index (χ1n) is 11.5. The van der Waals surface area contributed by atoms with Crippen molar-refractivity contribution in [3.63, 3.8) is 0 Å². The predicted molar refractivity (Wildman–Crippen MR) is 121 cm³/mol. The Bertz CT molecular complexity index is 1000. The third kappa shape index (κ3) is 5.07. The second-order valence-electron chi connectivity index (χ2n) is 8.86. The third-order valence-corrected chi connectivity index (χ3v) is 8.91. The van der Waals surface area contributed by atoms with E-state index in [0.717, 1.165) is 0 Å². The van der Waals surface area contributed by atoms with Gasteiger partial charge < -0.3 is 19.1 Å². The van der Waals surface area contributed by atoms with Crippen LogP contribution < -0.4 is 10.2 Å². The second-order valence-corrected chi connectivity index (χ2v) is 10.7. The van der Waals surface area contributed by atoms with E-state index in [-0.39, 0.29) is 51.9 Å². The van der Waals surface area contributed by atoms with Gasteiger partial charge >= 0.3 is 6.09 Å². The maximum atomic E-state index is 13.8. The summed E-state index contributed by atoms with van der Waals surface area (Å²) < 4.78 is 46.1. The molecular formula is C21H31N5O8S. The van der Waals surface area contributed by atoms with Crippen LogP contribution in [0.5, 0.6) is 5.75 Å². The molecule has 2 atom stereocenters. The van der Waals surface area contributed by atoms with Crippen molar-refractivity contribution < 1.29 is 37.4 Å². The van der Waals surface area contributed by atoms with Crippen LogP contribution in [0.2, 0.25) is 0 Å². The zero-order chi connectivity index (χ0) is 25.1. The Labute approximate surface area is 204 Å². The number of carbonyl (C=O) groups excluding carboxylic acids is 2. The monoisotopic (exact) mass is 513 g/mol. The van der Waals surface area contributed by atoms with Crippen LogP contribution in [0, 0.1) is 0 Å². The molecule has 2 unspecified atom stereocenters. The molecule has 3 fully saturated rings. The van der Waals surface area contributed by atoms with Crippen LogP contribution in [0.3, 0.4) is 0 Å². The molecule has 4 heterocycles. The maximum Gasteiger partial charge on any atom is 0.409 e. The topological polar surface area (TPSA) is 151 Å². The number of nitrogens with zero attached hydrogens (tertiary/aromatic N) is 4. The van der Waals surface area contributed by atoms with Gasteiger partial charge in [0.15, 0.2) is 0 Å². The molecule has 13 nitrogen and oxygen atoms in total. The number of amides is 2. The van der Waals surface area contributed by atoms with Crippen molar-refractivity contribution in [2.75, 3.05) is 46.5 Å². The fraction of sp³-hybridized carbons (Fsp3) is 0.667. The standard InChI is InChI=1S/C21H31N5O8S/c1-32-12-13-33-20(28)24-14-16-2-7-21(15-24,19(27)23-29)26(16)35(30,31)25-10-5-18(6-11-25)34-17-3-8-22-9-4-17/h3-4,8-9,16,18,29H,2,5-7,10-15H2,1H3,(H,23,27). The minimum absolute atomic E-state index is 0.0359. The van der Waals surface area contributed by atoms with E-state index in [0.29, 0.717) is 25.0 Å². The van der Waals surface area contributed by atoms with Gasteiger partial charge in [-0.25, -0.2) is 10.3 Å². The number of nitrogens with one attached hydrogen (secondary N) is 1. The van der Waals surface area contributed by atoms with Crippen molar-refractivity contribution >= 4 is 22.2 Å². The van der Waals surface area contributed by atoms with Crippen molar-refractivity contribution in [1.82, 2.24) is 24.0 Å². The van der Waals surface area contributed by atoms with Gasteiger partial charge in [0.05, 0.1) is 13.2 Å². The van der Waals surface area contributed by atoms with Crippen LogP contribution in [0.1, 0.15) is 25.7 Å². The molecule has 0 aliphatic carbocycles. The Morgan fingerprint density at radius 3 is 2.57 bits per heavy atom. The van der Waals surface area contributed by atoms with Crippen LogP contribution in [-0.2, 0) is 24.5 Å². The molecule has 194 valence electrons. The lowest BCUT2D eigenvalue weighted by Crippen LogP contribution is -2.71. The molecule has 0 radical (unpaired) electrons. The van der Waals surface area contributed by atoms with E-state index in [1.165, 1.54) is 20.6 Å². The Morgan fingerprint density at radius 1 is 1.20 bits per heavy atom. The van der Waals surface area contributed by atoms with E-state index in [9.17, 15) is 23.2 Å². The Kier molecular flexibility index (Phi) is 7.76. The van der Waals surface area contributed by atoms with Gasteiger partial charge in [0.2, 0.25) is 0 Å². The van der Waals surface area contributed by atoms with Crippen molar-refractivity contribution in [1.29, 1.82) is 0 Å². The molecular weight excluding hydrogens is 482 g/mol. The highest BCUT2D eigenvalue weighted by Gasteiger charge is 2.62. The van der Waals surface area contributed by atoms with Crippen molar-refractivity contribution in [2.45, 2.75) is 43.4 Å². The fourth-order valence-electron chi connectivity index (χ4n) is 5.09. The molecule has 2 bridgehead atoms. The highest BCUT2D eigenvalue weighted by molar-refractivity contribution is 7.86. The first-order chi connectivity index (χ1) is 16.8. The summed E-state index contributed by atoms with van der Waals surface area (Å²) in [7, 11) is -2.59. The van der Waals surface area contributed by atoms with Gasteiger partial charge in [0, 0.05) is 45.2 Å². The van der Waals surface area contributed by atoms with Gasteiger partial charge in [-0.1, -0.05) is 0 Å². The number of pyridine rings is 1. The summed E-state index contributed by atoms with van der Waals surface area (Å²) >= 11 is 0. The number of carbonyl (C=O) groups is 2. The molecule has 4 rings (SSSR count). The molecule has 3 saturated heterocycles. The average molecular weight is 514 g/mol. The molecule has 14 heteroatoms. The average Bonchev–Trinajstić information content (AvgIpc) is 3.13. The number of hydrogen-bond donors (Lipinski definition) is 2. The number of fused-ring (bicyclic) bond motifs is 2. The first-order valence-corrected chi connectivity index (χ1v) is 12.9. The lowest BCUT2D eigenvalue weighted by Gasteiger charge is -2.47. The van der Waals surface area contributed by atoms with Gasteiger partial charge in [-0.05, 0) is 37.8 Å².